The summed E-state index contributed by atoms with van der Waals surface area (Å²) in [4.78, 5) is 24.2. The van der Waals surface area contributed by atoms with E-state index in [1.807, 2.05) is 56.4 Å². The molecule has 0 saturated carbocycles. The molecule has 1 saturated heterocycles. The second-order valence-electron chi connectivity index (χ2n) is 7.57. The SMILES string of the molecule is C/C=C\C(=O)Nc1ccc(Sc2nc(Nc3ccc(N4CCOCC4)cc3)ncc2C)cc1. The molecule has 0 bridgehead atoms. The van der Waals surface area contributed by atoms with Gasteiger partial charge < -0.3 is 20.3 Å². The molecule has 2 N–H and O–H groups in total. The Balaban J connectivity index is 1.41. The smallest absolute Gasteiger partial charge is 0.248 e. The van der Waals surface area contributed by atoms with E-state index in [1.54, 1.807) is 17.8 Å². The fourth-order valence-corrected chi connectivity index (χ4v) is 4.19. The van der Waals surface area contributed by atoms with Crippen molar-refractivity contribution in [3.05, 3.63) is 72.4 Å². The van der Waals surface area contributed by atoms with Gasteiger partial charge in [-0.3, -0.25) is 4.79 Å². The van der Waals surface area contributed by atoms with Crippen molar-refractivity contribution in [3.8, 4) is 0 Å². The van der Waals surface area contributed by atoms with Gasteiger partial charge >= 0.3 is 0 Å². The first-order valence-corrected chi connectivity index (χ1v) is 11.7. The molecule has 1 aliphatic rings. The Morgan fingerprint density at radius 1 is 1.06 bits per heavy atom. The van der Waals surface area contributed by atoms with Crippen molar-refractivity contribution in [1.82, 2.24) is 9.97 Å². The molecule has 7 nitrogen and oxygen atoms in total. The van der Waals surface area contributed by atoms with Crippen molar-refractivity contribution in [2.75, 3.05) is 41.8 Å². The average Bonchev–Trinajstić information content (AvgIpc) is 2.84. The minimum atomic E-state index is -0.141. The third-order valence-electron chi connectivity index (χ3n) is 5.08. The Hall–Kier alpha value is -3.36. The van der Waals surface area contributed by atoms with E-state index in [1.165, 1.54) is 11.8 Å². The number of benzene rings is 2. The summed E-state index contributed by atoms with van der Waals surface area (Å²) in [6.07, 6.45) is 5.03. The molecule has 1 amide bonds. The number of nitrogens with zero attached hydrogens (tertiary/aromatic N) is 3. The van der Waals surface area contributed by atoms with Crippen LogP contribution >= 0.6 is 11.8 Å². The molecule has 3 aromatic rings. The van der Waals surface area contributed by atoms with Crippen molar-refractivity contribution in [2.45, 2.75) is 23.8 Å². The summed E-state index contributed by atoms with van der Waals surface area (Å²) in [5.74, 6) is 0.413. The maximum atomic E-state index is 11.7. The number of morpholine rings is 1. The Morgan fingerprint density at radius 2 is 1.76 bits per heavy atom. The number of nitrogens with one attached hydrogen (secondary N) is 2. The van der Waals surface area contributed by atoms with E-state index < -0.39 is 0 Å². The number of carbonyl (C=O) groups excluding carboxylic acids is 1. The lowest BCUT2D eigenvalue weighted by molar-refractivity contribution is -0.111. The normalized spacial score (nSPS) is 13.8. The molecule has 33 heavy (non-hydrogen) atoms. The highest BCUT2D eigenvalue weighted by Gasteiger charge is 2.11. The molecule has 0 aliphatic carbocycles. The highest BCUT2D eigenvalue weighted by molar-refractivity contribution is 7.99. The van der Waals surface area contributed by atoms with Gasteiger partial charge in [0.15, 0.2) is 0 Å². The first kappa shape index (κ1) is 22.8. The van der Waals surface area contributed by atoms with Crippen LogP contribution in [0.3, 0.4) is 0 Å². The maximum absolute atomic E-state index is 11.7. The van der Waals surface area contributed by atoms with Crippen LogP contribution in [0.25, 0.3) is 0 Å². The quantitative estimate of drug-likeness (QED) is 0.377. The summed E-state index contributed by atoms with van der Waals surface area (Å²) in [6.45, 7) is 7.17. The Bertz CT molecular complexity index is 1110. The third kappa shape index (κ3) is 6.34. The van der Waals surface area contributed by atoms with Gasteiger partial charge in [0.05, 0.1) is 13.2 Å². The second kappa shape index (κ2) is 11.0. The lowest BCUT2D eigenvalue weighted by Gasteiger charge is -2.28. The Morgan fingerprint density at radius 3 is 2.45 bits per heavy atom. The molecule has 0 radical (unpaired) electrons. The first-order valence-electron chi connectivity index (χ1n) is 10.9. The molecular formula is C25H27N5O2S. The predicted molar refractivity (Wildman–Crippen MR) is 134 cm³/mol. The van der Waals surface area contributed by atoms with Gasteiger partial charge in [0.1, 0.15) is 5.03 Å². The van der Waals surface area contributed by atoms with Crippen molar-refractivity contribution in [2.24, 2.45) is 0 Å². The molecule has 1 aliphatic heterocycles. The number of carbonyl (C=O) groups is 1. The van der Waals surface area contributed by atoms with Gasteiger partial charge in [0.2, 0.25) is 11.9 Å². The van der Waals surface area contributed by atoms with E-state index in [9.17, 15) is 4.79 Å². The van der Waals surface area contributed by atoms with Crippen LogP contribution in [0.1, 0.15) is 12.5 Å². The van der Waals surface area contributed by atoms with Crippen molar-refractivity contribution >= 4 is 40.7 Å². The summed E-state index contributed by atoms with van der Waals surface area (Å²) in [5, 5.41) is 7.00. The highest BCUT2D eigenvalue weighted by Crippen LogP contribution is 2.30. The van der Waals surface area contributed by atoms with E-state index in [-0.39, 0.29) is 5.91 Å². The minimum Gasteiger partial charge on any atom is -0.378 e. The summed E-state index contributed by atoms with van der Waals surface area (Å²) in [6, 6.07) is 16.0. The number of amides is 1. The molecule has 0 spiro atoms. The van der Waals surface area contributed by atoms with Crippen LogP contribution in [0.5, 0.6) is 0 Å². The molecule has 4 rings (SSSR count). The molecule has 2 heterocycles. The van der Waals surface area contributed by atoms with Gasteiger partial charge in [0, 0.05) is 46.8 Å². The zero-order valence-corrected chi connectivity index (χ0v) is 19.6. The summed E-state index contributed by atoms with van der Waals surface area (Å²) in [7, 11) is 0. The number of allylic oxidation sites excluding steroid dienone is 1. The fourth-order valence-electron chi connectivity index (χ4n) is 3.35. The van der Waals surface area contributed by atoms with Crippen LogP contribution in [0.15, 0.2) is 76.8 Å². The largest absolute Gasteiger partial charge is 0.378 e. The molecule has 2 aromatic carbocycles. The zero-order valence-electron chi connectivity index (χ0n) is 18.7. The van der Waals surface area contributed by atoms with E-state index in [2.05, 4.69) is 32.7 Å². The van der Waals surface area contributed by atoms with Crippen molar-refractivity contribution < 1.29 is 9.53 Å². The van der Waals surface area contributed by atoms with E-state index in [0.29, 0.717) is 5.95 Å². The predicted octanol–water partition coefficient (Wildman–Crippen LogP) is 5.03. The van der Waals surface area contributed by atoms with Gasteiger partial charge in [0.25, 0.3) is 0 Å². The standard InChI is InChI=1S/C25H27N5O2S/c1-3-4-23(31)27-19-7-11-22(12-8-19)33-24-18(2)17-26-25(29-24)28-20-5-9-21(10-6-20)30-13-15-32-16-14-30/h3-12,17H,13-16H2,1-2H3,(H,27,31)(H,26,28,29)/b4-3-. The minimum absolute atomic E-state index is 0.141. The Kier molecular flexibility index (Phi) is 7.59. The van der Waals surface area contributed by atoms with E-state index in [4.69, 9.17) is 9.72 Å². The van der Waals surface area contributed by atoms with Crippen LogP contribution in [0.4, 0.5) is 23.0 Å². The molecule has 1 aromatic heterocycles. The van der Waals surface area contributed by atoms with Crippen LogP contribution in [-0.4, -0.2) is 42.2 Å². The number of hydrogen-bond donors (Lipinski definition) is 2. The van der Waals surface area contributed by atoms with Crippen LogP contribution in [-0.2, 0) is 9.53 Å². The fraction of sp³-hybridized carbons (Fsp3) is 0.240. The Labute approximate surface area is 198 Å². The van der Waals surface area contributed by atoms with Crippen LogP contribution < -0.4 is 15.5 Å². The maximum Gasteiger partial charge on any atom is 0.248 e. The summed E-state index contributed by atoms with van der Waals surface area (Å²) < 4.78 is 5.43. The first-order chi connectivity index (χ1) is 16.1. The number of hydrogen-bond acceptors (Lipinski definition) is 7. The van der Waals surface area contributed by atoms with E-state index >= 15 is 0 Å². The van der Waals surface area contributed by atoms with Gasteiger partial charge in [-0.25, -0.2) is 9.97 Å². The second-order valence-corrected chi connectivity index (χ2v) is 8.63. The van der Waals surface area contributed by atoms with Gasteiger partial charge in [-0.05, 0) is 68.5 Å². The lowest BCUT2D eigenvalue weighted by Crippen LogP contribution is -2.36. The number of aryl methyl sites for hydroxylation is 1. The third-order valence-corrected chi connectivity index (χ3v) is 6.19. The molecule has 8 heteroatoms. The summed E-state index contributed by atoms with van der Waals surface area (Å²) in [5.41, 5.74) is 3.88. The average molecular weight is 462 g/mol. The van der Waals surface area contributed by atoms with Gasteiger partial charge in [-0.15, -0.1) is 0 Å². The topological polar surface area (TPSA) is 79.4 Å². The number of anilines is 4. The van der Waals surface area contributed by atoms with Crippen LogP contribution in [0, 0.1) is 6.92 Å². The van der Waals surface area contributed by atoms with Gasteiger partial charge in [-0.1, -0.05) is 17.8 Å². The number of aromatic nitrogens is 2. The number of rotatable bonds is 7. The molecule has 0 unspecified atom stereocenters. The zero-order chi connectivity index (χ0) is 23.0. The molecule has 170 valence electrons. The van der Waals surface area contributed by atoms with Crippen molar-refractivity contribution in [1.29, 1.82) is 0 Å². The lowest BCUT2D eigenvalue weighted by atomic mass is 10.2. The molecule has 0 atom stereocenters. The van der Waals surface area contributed by atoms with Gasteiger partial charge in [-0.2, -0.15) is 0 Å². The molecule has 1 fully saturated rings. The van der Waals surface area contributed by atoms with Crippen molar-refractivity contribution in [3.63, 3.8) is 0 Å². The van der Waals surface area contributed by atoms with E-state index in [0.717, 1.165) is 53.2 Å². The molecular weight excluding hydrogens is 434 g/mol. The monoisotopic (exact) mass is 461 g/mol. The van der Waals surface area contributed by atoms with Crippen LogP contribution in [0.2, 0.25) is 0 Å². The summed E-state index contributed by atoms with van der Waals surface area (Å²) >= 11 is 1.56. The number of ether oxygens (including phenoxy) is 1. The highest BCUT2D eigenvalue weighted by atomic mass is 32.2.